The highest BCUT2D eigenvalue weighted by Gasteiger charge is 2.29. The average Bonchev–Trinajstić information content (AvgIpc) is 2.97. The van der Waals surface area contributed by atoms with E-state index in [9.17, 15) is 9.90 Å². The summed E-state index contributed by atoms with van der Waals surface area (Å²) < 4.78 is 5.22. The Morgan fingerprint density at radius 1 is 1.38 bits per heavy atom. The maximum absolute atomic E-state index is 11.2. The van der Waals surface area contributed by atoms with Gasteiger partial charge in [0.1, 0.15) is 6.04 Å². The number of carbonyl (C=O) groups is 1. The van der Waals surface area contributed by atoms with Crippen LogP contribution >= 0.6 is 0 Å². The van der Waals surface area contributed by atoms with Crippen molar-refractivity contribution in [3.63, 3.8) is 0 Å². The van der Waals surface area contributed by atoms with Gasteiger partial charge in [-0.15, -0.1) is 0 Å². The summed E-state index contributed by atoms with van der Waals surface area (Å²) in [5.41, 5.74) is 1.62. The monoisotopic (exact) mass is 288 g/mol. The van der Waals surface area contributed by atoms with Gasteiger partial charge in [0.05, 0.1) is 30.8 Å². The van der Waals surface area contributed by atoms with Crippen molar-refractivity contribution in [3.05, 3.63) is 42.2 Å². The highest BCUT2D eigenvalue weighted by atomic mass is 16.5. The standard InChI is InChI=1S/C14H16N4O3/c19-14(20)13-10-21-7-6-17(13)9-11-8-15-18(16-11)12-4-2-1-3-5-12/h1-5,8,13H,6-7,9-10H2,(H,19,20). The Kier molecular flexibility index (Phi) is 3.94. The highest BCUT2D eigenvalue weighted by molar-refractivity contribution is 5.73. The quantitative estimate of drug-likeness (QED) is 0.885. The van der Waals surface area contributed by atoms with E-state index >= 15 is 0 Å². The molecule has 1 atom stereocenters. The number of nitrogens with zero attached hydrogens (tertiary/aromatic N) is 4. The topological polar surface area (TPSA) is 80.5 Å². The fourth-order valence-electron chi connectivity index (χ4n) is 2.32. The van der Waals surface area contributed by atoms with E-state index < -0.39 is 12.0 Å². The first kappa shape index (κ1) is 13.7. The number of hydrogen-bond acceptors (Lipinski definition) is 5. The van der Waals surface area contributed by atoms with Crippen LogP contribution in [0.15, 0.2) is 36.5 Å². The number of morpholine rings is 1. The summed E-state index contributed by atoms with van der Waals surface area (Å²) in [6, 6.07) is 8.97. The van der Waals surface area contributed by atoms with Gasteiger partial charge in [-0.2, -0.15) is 15.0 Å². The lowest BCUT2D eigenvalue weighted by Gasteiger charge is -2.31. The molecule has 1 unspecified atom stereocenters. The molecule has 3 rings (SSSR count). The third-order valence-corrected chi connectivity index (χ3v) is 3.42. The zero-order valence-electron chi connectivity index (χ0n) is 11.4. The van der Waals surface area contributed by atoms with Gasteiger partial charge in [-0.25, -0.2) is 0 Å². The van der Waals surface area contributed by atoms with Gasteiger partial charge >= 0.3 is 5.97 Å². The van der Waals surface area contributed by atoms with Crippen LogP contribution in [0.25, 0.3) is 5.69 Å². The Bertz CT molecular complexity index is 614. The molecule has 7 nitrogen and oxygen atoms in total. The minimum absolute atomic E-state index is 0.210. The smallest absolute Gasteiger partial charge is 0.323 e. The van der Waals surface area contributed by atoms with Crippen LogP contribution in [-0.2, 0) is 16.1 Å². The number of aliphatic carboxylic acids is 1. The van der Waals surface area contributed by atoms with Crippen LogP contribution in [0.2, 0.25) is 0 Å². The van der Waals surface area contributed by atoms with Gasteiger partial charge in [0.25, 0.3) is 0 Å². The van der Waals surface area contributed by atoms with Crippen LogP contribution in [0.3, 0.4) is 0 Å². The number of ether oxygens (including phenoxy) is 1. The average molecular weight is 288 g/mol. The van der Waals surface area contributed by atoms with Crippen LogP contribution in [0.4, 0.5) is 0 Å². The summed E-state index contributed by atoms with van der Waals surface area (Å²) in [6.45, 7) is 1.78. The molecular weight excluding hydrogens is 272 g/mol. The molecule has 1 aromatic carbocycles. The number of para-hydroxylation sites is 1. The van der Waals surface area contributed by atoms with Gasteiger partial charge in [-0.05, 0) is 12.1 Å². The van der Waals surface area contributed by atoms with Crippen molar-refractivity contribution in [2.24, 2.45) is 0 Å². The fourth-order valence-corrected chi connectivity index (χ4v) is 2.32. The minimum atomic E-state index is -0.870. The first-order valence-electron chi connectivity index (χ1n) is 6.75. The summed E-state index contributed by atoms with van der Waals surface area (Å²) >= 11 is 0. The van der Waals surface area contributed by atoms with Crippen LogP contribution in [0.1, 0.15) is 5.69 Å². The van der Waals surface area contributed by atoms with Crippen LogP contribution in [-0.4, -0.2) is 56.8 Å². The van der Waals surface area contributed by atoms with Crippen molar-refractivity contribution in [1.82, 2.24) is 19.9 Å². The molecule has 2 aromatic rings. The second-order valence-electron chi connectivity index (χ2n) is 4.86. The van der Waals surface area contributed by atoms with Crippen LogP contribution < -0.4 is 0 Å². The van der Waals surface area contributed by atoms with Crippen molar-refractivity contribution >= 4 is 5.97 Å². The van der Waals surface area contributed by atoms with Gasteiger partial charge in [-0.3, -0.25) is 9.69 Å². The summed E-state index contributed by atoms with van der Waals surface area (Å²) in [6.07, 6.45) is 1.67. The molecule has 0 radical (unpaired) electrons. The molecule has 110 valence electrons. The van der Waals surface area contributed by atoms with Crippen LogP contribution in [0, 0.1) is 0 Å². The molecule has 0 spiro atoms. The molecule has 21 heavy (non-hydrogen) atoms. The second kappa shape index (κ2) is 6.02. The van der Waals surface area contributed by atoms with Crippen molar-refractivity contribution < 1.29 is 14.6 Å². The second-order valence-corrected chi connectivity index (χ2v) is 4.86. The SMILES string of the molecule is O=C(O)C1COCCN1Cc1cnn(-c2ccccc2)n1. The van der Waals surface area contributed by atoms with E-state index in [1.807, 2.05) is 35.2 Å². The predicted octanol–water partition coefficient (Wildman–Crippen LogP) is 0.553. The summed E-state index contributed by atoms with van der Waals surface area (Å²) in [5.74, 6) is -0.870. The number of carboxylic acids is 1. The summed E-state index contributed by atoms with van der Waals surface area (Å²) in [5, 5.41) is 17.8. The summed E-state index contributed by atoms with van der Waals surface area (Å²) in [4.78, 5) is 14.6. The molecule has 0 aliphatic carbocycles. The lowest BCUT2D eigenvalue weighted by Crippen LogP contribution is -2.49. The Labute approximate surface area is 121 Å². The molecule has 1 aromatic heterocycles. The normalized spacial score (nSPS) is 19.5. The maximum atomic E-state index is 11.2. The third kappa shape index (κ3) is 3.09. The van der Waals surface area contributed by atoms with Gasteiger partial charge in [0, 0.05) is 13.1 Å². The Balaban J connectivity index is 1.73. The lowest BCUT2D eigenvalue weighted by atomic mass is 10.2. The van der Waals surface area contributed by atoms with E-state index in [1.54, 1.807) is 11.0 Å². The fraction of sp³-hybridized carbons (Fsp3) is 0.357. The largest absolute Gasteiger partial charge is 0.480 e. The van der Waals surface area contributed by atoms with Gasteiger partial charge in [-0.1, -0.05) is 18.2 Å². The molecule has 0 amide bonds. The first-order valence-corrected chi connectivity index (χ1v) is 6.75. The van der Waals surface area contributed by atoms with E-state index in [1.165, 1.54) is 0 Å². The molecule has 7 heteroatoms. The highest BCUT2D eigenvalue weighted by Crippen LogP contribution is 2.12. The van der Waals surface area contributed by atoms with E-state index in [0.29, 0.717) is 19.7 Å². The van der Waals surface area contributed by atoms with Gasteiger partial charge in [0.2, 0.25) is 0 Å². The van der Waals surface area contributed by atoms with Crippen molar-refractivity contribution in [3.8, 4) is 5.69 Å². The van der Waals surface area contributed by atoms with Gasteiger partial charge < -0.3 is 9.84 Å². The minimum Gasteiger partial charge on any atom is -0.480 e. The molecule has 1 saturated heterocycles. The van der Waals surface area contributed by atoms with E-state index in [2.05, 4.69) is 10.2 Å². The Morgan fingerprint density at radius 3 is 2.95 bits per heavy atom. The number of hydrogen-bond donors (Lipinski definition) is 1. The molecule has 0 bridgehead atoms. The molecule has 2 heterocycles. The maximum Gasteiger partial charge on any atom is 0.323 e. The zero-order chi connectivity index (χ0) is 14.7. The molecule has 1 N–H and O–H groups in total. The lowest BCUT2D eigenvalue weighted by molar-refractivity contribution is -0.150. The van der Waals surface area contributed by atoms with E-state index in [4.69, 9.17) is 4.74 Å². The number of benzene rings is 1. The Morgan fingerprint density at radius 2 is 2.19 bits per heavy atom. The van der Waals surface area contributed by atoms with E-state index in [-0.39, 0.29) is 6.61 Å². The first-order chi connectivity index (χ1) is 10.2. The van der Waals surface area contributed by atoms with Crippen molar-refractivity contribution in [2.45, 2.75) is 12.6 Å². The number of carboxylic acid groups (broad SMARTS) is 1. The zero-order valence-corrected chi connectivity index (χ0v) is 11.4. The van der Waals surface area contributed by atoms with Crippen molar-refractivity contribution in [1.29, 1.82) is 0 Å². The molecule has 1 fully saturated rings. The van der Waals surface area contributed by atoms with Crippen molar-refractivity contribution in [2.75, 3.05) is 19.8 Å². The Hall–Kier alpha value is -2.25. The summed E-state index contributed by atoms with van der Waals surface area (Å²) in [7, 11) is 0. The number of rotatable bonds is 4. The predicted molar refractivity (Wildman–Crippen MR) is 74.0 cm³/mol. The number of aromatic nitrogens is 3. The van der Waals surface area contributed by atoms with E-state index in [0.717, 1.165) is 11.4 Å². The third-order valence-electron chi connectivity index (χ3n) is 3.42. The molecule has 1 aliphatic rings. The van der Waals surface area contributed by atoms with Crippen LogP contribution in [0.5, 0.6) is 0 Å². The van der Waals surface area contributed by atoms with Gasteiger partial charge in [0.15, 0.2) is 0 Å². The molecule has 1 aliphatic heterocycles. The molecule has 0 saturated carbocycles. The molecular formula is C14H16N4O3.